The molecule has 0 fully saturated rings. The van der Waals surface area contributed by atoms with Gasteiger partial charge in [0.1, 0.15) is 0 Å². The molecular formula is C4H7N3O2. The minimum atomic E-state index is -0.529. The lowest BCUT2D eigenvalue weighted by Gasteiger charge is -1.82. The molecule has 0 aliphatic rings. The van der Waals surface area contributed by atoms with Crippen molar-refractivity contribution >= 4 is 0 Å². The highest BCUT2D eigenvalue weighted by Gasteiger charge is 1.95. The van der Waals surface area contributed by atoms with E-state index in [1.165, 1.54) is 0 Å². The van der Waals surface area contributed by atoms with E-state index in [1.807, 2.05) is 0 Å². The van der Waals surface area contributed by atoms with Crippen LogP contribution < -0.4 is 11.5 Å². The maximum atomic E-state index is 10.2. The molecule has 0 spiro atoms. The second-order valence-electron chi connectivity index (χ2n) is 1.58. The molecule has 1 rings (SSSR count). The van der Waals surface area contributed by atoms with Crippen LogP contribution in [0.5, 0.6) is 0 Å². The topological polar surface area (TPSA) is 84.9 Å². The zero-order valence-electron chi connectivity index (χ0n) is 4.76. The molecule has 0 aliphatic carbocycles. The Bertz CT molecular complexity index is 226. The smallest absolute Gasteiger partial charge is 0.330 e. The van der Waals surface area contributed by atoms with Gasteiger partial charge in [-0.3, -0.25) is 9.51 Å². The fourth-order valence-electron chi connectivity index (χ4n) is 0.505. The maximum Gasteiger partial charge on any atom is 0.438 e. The fourth-order valence-corrected chi connectivity index (χ4v) is 0.505. The summed E-state index contributed by atoms with van der Waals surface area (Å²) >= 11 is 0. The lowest BCUT2D eigenvalue weighted by Crippen LogP contribution is -2.05. The zero-order valence-corrected chi connectivity index (χ0v) is 4.76. The van der Waals surface area contributed by atoms with Crippen LogP contribution in [-0.2, 0) is 6.42 Å². The molecule has 0 atom stereocenters. The molecular weight excluding hydrogens is 122 g/mol. The zero-order chi connectivity index (χ0) is 6.69. The van der Waals surface area contributed by atoms with E-state index in [1.54, 1.807) is 0 Å². The molecule has 0 saturated heterocycles. The van der Waals surface area contributed by atoms with E-state index in [4.69, 9.17) is 5.73 Å². The maximum absolute atomic E-state index is 10.2. The summed E-state index contributed by atoms with van der Waals surface area (Å²) in [5.74, 6) is -0.0269. The first-order valence-corrected chi connectivity index (χ1v) is 2.58. The van der Waals surface area contributed by atoms with Crippen LogP contribution in [0.2, 0.25) is 0 Å². The van der Waals surface area contributed by atoms with Crippen molar-refractivity contribution in [3.05, 3.63) is 16.4 Å². The third kappa shape index (κ3) is 1.39. The van der Waals surface area contributed by atoms with E-state index in [9.17, 15) is 4.79 Å². The van der Waals surface area contributed by atoms with Crippen molar-refractivity contribution in [3.63, 3.8) is 0 Å². The molecule has 5 heteroatoms. The minimum absolute atomic E-state index is 0.461. The van der Waals surface area contributed by atoms with E-state index < -0.39 is 5.76 Å². The molecule has 0 aromatic carbocycles. The van der Waals surface area contributed by atoms with Gasteiger partial charge >= 0.3 is 5.76 Å². The Labute approximate surface area is 50.8 Å². The standard InChI is InChI=1S/C4H7N3O2/c5-2-1-3-6-4(8)9-7-3/h1-2,5H2,(H,6,7,8). The number of nitrogens with zero attached hydrogens (tertiary/aromatic N) is 1. The summed E-state index contributed by atoms with van der Waals surface area (Å²) in [4.78, 5) is 12.6. The third-order valence-corrected chi connectivity index (χ3v) is 0.866. The van der Waals surface area contributed by atoms with Crippen molar-refractivity contribution in [2.24, 2.45) is 5.73 Å². The van der Waals surface area contributed by atoms with E-state index in [2.05, 4.69) is 14.7 Å². The van der Waals surface area contributed by atoms with Crippen LogP contribution in [0.1, 0.15) is 5.82 Å². The Kier molecular flexibility index (Phi) is 1.64. The van der Waals surface area contributed by atoms with Gasteiger partial charge in [-0.1, -0.05) is 5.16 Å². The highest BCUT2D eigenvalue weighted by atomic mass is 16.5. The van der Waals surface area contributed by atoms with Gasteiger partial charge in [0.25, 0.3) is 0 Å². The SMILES string of the molecule is NCCc1noc(=O)[nH]1. The first-order valence-electron chi connectivity index (χ1n) is 2.58. The van der Waals surface area contributed by atoms with Gasteiger partial charge in [-0.2, -0.15) is 0 Å². The van der Waals surface area contributed by atoms with Crippen LogP contribution in [-0.4, -0.2) is 16.7 Å². The Morgan fingerprint density at radius 1 is 1.78 bits per heavy atom. The molecule has 5 nitrogen and oxygen atoms in total. The number of hydrogen-bond donors (Lipinski definition) is 2. The molecule has 0 saturated carbocycles. The van der Waals surface area contributed by atoms with Crippen molar-refractivity contribution in [1.29, 1.82) is 0 Å². The number of nitrogens with one attached hydrogen (secondary N) is 1. The lowest BCUT2D eigenvalue weighted by atomic mass is 10.4. The summed E-state index contributed by atoms with van der Waals surface area (Å²) in [6, 6.07) is 0. The number of H-pyrrole nitrogens is 1. The molecule has 0 aliphatic heterocycles. The molecule has 1 aromatic heterocycles. The first kappa shape index (κ1) is 6.03. The average molecular weight is 129 g/mol. The Hall–Kier alpha value is -1.10. The van der Waals surface area contributed by atoms with Gasteiger partial charge in [0.15, 0.2) is 5.82 Å². The predicted molar refractivity (Wildman–Crippen MR) is 29.9 cm³/mol. The van der Waals surface area contributed by atoms with Crippen LogP contribution in [0, 0.1) is 0 Å². The van der Waals surface area contributed by atoms with Crippen LogP contribution in [0.15, 0.2) is 9.32 Å². The summed E-state index contributed by atoms with van der Waals surface area (Å²) in [5, 5.41) is 3.38. The Morgan fingerprint density at radius 2 is 2.56 bits per heavy atom. The van der Waals surface area contributed by atoms with Crippen molar-refractivity contribution in [2.75, 3.05) is 6.54 Å². The molecule has 0 unspecified atom stereocenters. The van der Waals surface area contributed by atoms with E-state index in [0.717, 1.165) is 0 Å². The highest BCUT2D eigenvalue weighted by Crippen LogP contribution is 1.81. The van der Waals surface area contributed by atoms with Crippen LogP contribution in [0.4, 0.5) is 0 Å². The minimum Gasteiger partial charge on any atom is -0.330 e. The summed E-state index contributed by atoms with van der Waals surface area (Å²) in [6.45, 7) is 0.461. The largest absolute Gasteiger partial charge is 0.438 e. The molecule has 0 radical (unpaired) electrons. The monoisotopic (exact) mass is 129 g/mol. The van der Waals surface area contributed by atoms with Crippen molar-refractivity contribution in [1.82, 2.24) is 10.1 Å². The van der Waals surface area contributed by atoms with Gasteiger partial charge in [0.05, 0.1) is 0 Å². The van der Waals surface area contributed by atoms with Crippen LogP contribution in [0.3, 0.4) is 0 Å². The van der Waals surface area contributed by atoms with Crippen molar-refractivity contribution < 1.29 is 4.52 Å². The van der Waals surface area contributed by atoms with Gasteiger partial charge in [-0.05, 0) is 6.54 Å². The molecule has 1 aromatic rings. The lowest BCUT2D eigenvalue weighted by molar-refractivity contribution is 0.381. The summed E-state index contributed by atoms with van der Waals surface area (Å²) in [5.41, 5.74) is 5.17. The normalized spacial score (nSPS) is 9.89. The predicted octanol–water partition coefficient (Wildman–Crippen LogP) is -1.14. The summed E-state index contributed by atoms with van der Waals surface area (Å²) < 4.78 is 4.20. The number of nitrogens with two attached hydrogens (primary N) is 1. The Morgan fingerprint density at radius 3 is 3.00 bits per heavy atom. The average Bonchev–Trinajstić information content (AvgIpc) is 2.17. The van der Waals surface area contributed by atoms with Gasteiger partial charge in [0.2, 0.25) is 0 Å². The molecule has 1 heterocycles. The molecule has 3 N–H and O–H groups in total. The van der Waals surface area contributed by atoms with Gasteiger partial charge in [0, 0.05) is 6.42 Å². The van der Waals surface area contributed by atoms with Crippen LogP contribution >= 0.6 is 0 Å². The molecule has 9 heavy (non-hydrogen) atoms. The molecule has 50 valence electrons. The summed E-state index contributed by atoms with van der Waals surface area (Å²) in [7, 11) is 0. The second kappa shape index (κ2) is 2.45. The van der Waals surface area contributed by atoms with E-state index in [-0.39, 0.29) is 0 Å². The number of hydrogen-bond acceptors (Lipinski definition) is 4. The van der Waals surface area contributed by atoms with Crippen LogP contribution in [0.25, 0.3) is 0 Å². The van der Waals surface area contributed by atoms with Crippen molar-refractivity contribution in [3.8, 4) is 0 Å². The van der Waals surface area contributed by atoms with Gasteiger partial charge < -0.3 is 5.73 Å². The number of aromatic amines is 1. The number of aromatic nitrogens is 2. The summed E-state index contributed by atoms with van der Waals surface area (Å²) in [6.07, 6.45) is 0.547. The van der Waals surface area contributed by atoms with Crippen molar-refractivity contribution in [2.45, 2.75) is 6.42 Å². The third-order valence-electron chi connectivity index (χ3n) is 0.866. The second-order valence-corrected chi connectivity index (χ2v) is 1.58. The molecule has 0 amide bonds. The van der Waals surface area contributed by atoms with Gasteiger partial charge in [-0.15, -0.1) is 0 Å². The van der Waals surface area contributed by atoms with Gasteiger partial charge in [-0.25, -0.2) is 4.79 Å². The number of rotatable bonds is 2. The fraction of sp³-hybridized carbons (Fsp3) is 0.500. The van der Waals surface area contributed by atoms with E-state index >= 15 is 0 Å². The van der Waals surface area contributed by atoms with E-state index in [0.29, 0.717) is 18.8 Å². The molecule has 0 bridgehead atoms. The Balaban J connectivity index is 2.73. The highest BCUT2D eigenvalue weighted by molar-refractivity contribution is 4.77. The first-order chi connectivity index (χ1) is 4.33. The quantitative estimate of drug-likeness (QED) is 0.528.